The van der Waals surface area contributed by atoms with Crippen LogP contribution in [0.4, 0.5) is 4.39 Å². The molecule has 0 heterocycles. The van der Waals surface area contributed by atoms with Crippen LogP contribution < -0.4 is 5.73 Å². The number of halogens is 1. The van der Waals surface area contributed by atoms with Crippen molar-refractivity contribution >= 4 is 5.97 Å². The van der Waals surface area contributed by atoms with Gasteiger partial charge in [-0.2, -0.15) is 0 Å². The van der Waals surface area contributed by atoms with Gasteiger partial charge < -0.3 is 10.8 Å². The molecule has 2 atom stereocenters. The minimum atomic E-state index is -1.94. The number of carbonyl (C=O) groups is 1. The molecule has 0 saturated carbocycles. The van der Waals surface area contributed by atoms with Gasteiger partial charge in [-0.3, -0.25) is 0 Å². The number of rotatable bonds is 3. The molecule has 4 heteroatoms. The lowest BCUT2D eigenvalue weighted by molar-refractivity contribution is -0.144. The third-order valence-corrected chi connectivity index (χ3v) is 1.34. The van der Waals surface area contributed by atoms with Crippen LogP contribution in [0, 0.1) is 5.92 Å². The van der Waals surface area contributed by atoms with E-state index < -0.39 is 18.2 Å². The van der Waals surface area contributed by atoms with Crippen molar-refractivity contribution < 1.29 is 14.3 Å². The topological polar surface area (TPSA) is 63.3 Å². The van der Waals surface area contributed by atoms with Crippen molar-refractivity contribution in [1.29, 1.82) is 0 Å². The summed E-state index contributed by atoms with van der Waals surface area (Å²) < 4.78 is 12.4. The van der Waals surface area contributed by atoms with Crippen LogP contribution in [0.1, 0.15) is 13.8 Å². The Hall–Kier alpha value is -0.640. The molecule has 0 aromatic carbocycles. The summed E-state index contributed by atoms with van der Waals surface area (Å²) in [6.45, 7) is 3.36. The summed E-state index contributed by atoms with van der Waals surface area (Å²) in [4.78, 5) is 9.99. The number of hydrogen-bond donors (Lipinski definition) is 2. The minimum Gasteiger partial charge on any atom is -0.479 e. The SMILES string of the molecule is CC(C)[C@H](N)[C@@H](F)C(=O)O. The fourth-order valence-corrected chi connectivity index (χ4v) is 0.503. The van der Waals surface area contributed by atoms with Gasteiger partial charge in [-0.05, 0) is 5.92 Å². The van der Waals surface area contributed by atoms with Crippen molar-refractivity contribution in [1.82, 2.24) is 0 Å². The number of nitrogens with two attached hydrogens (primary N) is 1. The summed E-state index contributed by atoms with van der Waals surface area (Å²) in [5.41, 5.74) is 5.21. The largest absolute Gasteiger partial charge is 0.479 e. The van der Waals surface area contributed by atoms with E-state index in [0.29, 0.717) is 0 Å². The van der Waals surface area contributed by atoms with E-state index in [1.807, 2.05) is 0 Å². The van der Waals surface area contributed by atoms with Crippen LogP contribution in [-0.4, -0.2) is 23.3 Å². The molecule has 0 rings (SSSR count). The molecule has 0 saturated heterocycles. The first-order valence-corrected chi connectivity index (χ1v) is 3.09. The second-order valence-electron chi connectivity index (χ2n) is 2.56. The average Bonchev–Trinajstić information content (AvgIpc) is 1.84. The quantitative estimate of drug-likeness (QED) is 0.610. The first-order chi connectivity index (χ1) is 4.46. The molecule has 0 radical (unpaired) electrons. The molecule has 0 aromatic rings. The van der Waals surface area contributed by atoms with E-state index in [-0.39, 0.29) is 5.92 Å². The molecule has 3 N–H and O–H groups in total. The normalized spacial score (nSPS) is 16.9. The monoisotopic (exact) mass is 149 g/mol. The van der Waals surface area contributed by atoms with Gasteiger partial charge in [-0.1, -0.05) is 13.8 Å². The molecule has 0 aliphatic rings. The third kappa shape index (κ3) is 2.31. The Morgan fingerprint density at radius 3 is 2.10 bits per heavy atom. The van der Waals surface area contributed by atoms with Crippen LogP contribution in [0.25, 0.3) is 0 Å². The number of carboxylic acids is 1. The van der Waals surface area contributed by atoms with E-state index in [2.05, 4.69) is 0 Å². The summed E-state index contributed by atoms with van der Waals surface area (Å²) in [5.74, 6) is -1.63. The van der Waals surface area contributed by atoms with Crippen LogP contribution in [0.5, 0.6) is 0 Å². The molecular weight excluding hydrogens is 137 g/mol. The molecule has 0 bridgehead atoms. The maximum atomic E-state index is 12.4. The Labute approximate surface area is 59.0 Å². The van der Waals surface area contributed by atoms with Crippen molar-refractivity contribution in [3.63, 3.8) is 0 Å². The van der Waals surface area contributed by atoms with E-state index in [4.69, 9.17) is 10.8 Å². The van der Waals surface area contributed by atoms with Gasteiger partial charge in [0.1, 0.15) is 0 Å². The highest BCUT2D eigenvalue weighted by atomic mass is 19.1. The van der Waals surface area contributed by atoms with Crippen molar-refractivity contribution in [2.75, 3.05) is 0 Å². The van der Waals surface area contributed by atoms with Gasteiger partial charge >= 0.3 is 5.97 Å². The van der Waals surface area contributed by atoms with E-state index in [1.54, 1.807) is 13.8 Å². The molecule has 10 heavy (non-hydrogen) atoms. The van der Waals surface area contributed by atoms with E-state index >= 15 is 0 Å². The molecule has 0 aliphatic carbocycles. The summed E-state index contributed by atoms with van der Waals surface area (Å²) in [6.07, 6.45) is -1.94. The predicted octanol–water partition coefficient (Wildman–Crippen LogP) is 0.392. The molecule has 0 spiro atoms. The second-order valence-corrected chi connectivity index (χ2v) is 2.56. The highest BCUT2D eigenvalue weighted by Crippen LogP contribution is 2.06. The highest BCUT2D eigenvalue weighted by molar-refractivity contribution is 5.73. The summed E-state index contributed by atoms with van der Waals surface area (Å²) in [5, 5.41) is 8.15. The van der Waals surface area contributed by atoms with Crippen LogP contribution in [0.15, 0.2) is 0 Å². The average molecular weight is 149 g/mol. The van der Waals surface area contributed by atoms with Crippen LogP contribution in [0.2, 0.25) is 0 Å². The standard InChI is InChI=1S/C6H12FNO2/c1-3(2)5(8)4(7)6(9)10/h3-5H,8H2,1-2H3,(H,9,10)/t4-,5+/m1/s1. The second kappa shape index (κ2) is 3.51. The maximum Gasteiger partial charge on any atom is 0.339 e. The smallest absolute Gasteiger partial charge is 0.339 e. The van der Waals surface area contributed by atoms with Crippen LogP contribution in [0.3, 0.4) is 0 Å². The number of aliphatic carboxylic acids is 1. The summed E-state index contributed by atoms with van der Waals surface area (Å²) in [7, 11) is 0. The number of hydrogen-bond acceptors (Lipinski definition) is 2. The first-order valence-electron chi connectivity index (χ1n) is 3.09. The zero-order valence-corrected chi connectivity index (χ0v) is 6.04. The predicted molar refractivity (Wildman–Crippen MR) is 35.3 cm³/mol. The van der Waals surface area contributed by atoms with Gasteiger partial charge in [0.15, 0.2) is 0 Å². The van der Waals surface area contributed by atoms with Crippen molar-refractivity contribution in [2.24, 2.45) is 11.7 Å². The Bertz CT molecular complexity index is 127. The Balaban J connectivity index is 3.94. The Morgan fingerprint density at radius 2 is 2.00 bits per heavy atom. The Kier molecular flexibility index (Phi) is 3.28. The van der Waals surface area contributed by atoms with Gasteiger partial charge in [0.2, 0.25) is 6.17 Å². The van der Waals surface area contributed by atoms with Gasteiger partial charge in [0.05, 0.1) is 0 Å². The van der Waals surface area contributed by atoms with Gasteiger partial charge in [0, 0.05) is 6.04 Å². The number of carboxylic acid groups (broad SMARTS) is 1. The fourth-order valence-electron chi connectivity index (χ4n) is 0.503. The van der Waals surface area contributed by atoms with Crippen LogP contribution in [-0.2, 0) is 4.79 Å². The maximum absolute atomic E-state index is 12.4. The van der Waals surface area contributed by atoms with Gasteiger partial charge in [-0.15, -0.1) is 0 Å². The minimum absolute atomic E-state index is 0.147. The van der Waals surface area contributed by atoms with Crippen LogP contribution >= 0.6 is 0 Å². The third-order valence-electron chi connectivity index (χ3n) is 1.34. The zero-order chi connectivity index (χ0) is 8.31. The number of alkyl halides is 1. The molecular formula is C6H12FNO2. The molecule has 0 aliphatic heterocycles. The first kappa shape index (κ1) is 9.36. The highest BCUT2D eigenvalue weighted by Gasteiger charge is 2.26. The van der Waals surface area contributed by atoms with Crippen molar-refractivity contribution in [3.05, 3.63) is 0 Å². The molecule has 0 unspecified atom stereocenters. The molecule has 0 amide bonds. The molecule has 3 nitrogen and oxygen atoms in total. The van der Waals surface area contributed by atoms with Gasteiger partial charge in [-0.25, -0.2) is 9.18 Å². The summed E-state index contributed by atoms with van der Waals surface area (Å²) >= 11 is 0. The lowest BCUT2D eigenvalue weighted by atomic mass is 10.0. The lowest BCUT2D eigenvalue weighted by Crippen LogP contribution is -2.41. The summed E-state index contributed by atoms with van der Waals surface area (Å²) in [6, 6.07) is -0.905. The van der Waals surface area contributed by atoms with Gasteiger partial charge in [0.25, 0.3) is 0 Å². The molecule has 0 fully saturated rings. The van der Waals surface area contributed by atoms with E-state index in [1.165, 1.54) is 0 Å². The lowest BCUT2D eigenvalue weighted by Gasteiger charge is -2.16. The van der Waals surface area contributed by atoms with Crippen molar-refractivity contribution in [2.45, 2.75) is 26.1 Å². The van der Waals surface area contributed by atoms with Crippen molar-refractivity contribution in [3.8, 4) is 0 Å². The molecule has 0 aromatic heterocycles. The fraction of sp³-hybridized carbons (Fsp3) is 0.833. The zero-order valence-electron chi connectivity index (χ0n) is 6.04. The van der Waals surface area contributed by atoms with E-state index in [9.17, 15) is 9.18 Å². The Morgan fingerprint density at radius 1 is 1.60 bits per heavy atom. The molecule has 60 valence electrons. The van der Waals surface area contributed by atoms with E-state index in [0.717, 1.165) is 0 Å².